The van der Waals surface area contributed by atoms with Crippen LogP contribution in [0.4, 0.5) is 11.4 Å². The maximum absolute atomic E-state index is 13.0. The van der Waals surface area contributed by atoms with Gasteiger partial charge in [0.1, 0.15) is 5.69 Å². The highest BCUT2D eigenvalue weighted by Crippen LogP contribution is 2.32. The molecule has 2 aromatic rings. The summed E-state index contributed by atoms with van der Waals surface area (Å²) in [7, 11) is 0. The predicted molar refractivity (Wildman–Crippen MR) is 117 cm³/mol. The first-order valence-electron chi connectivity index (χ1n) is 9.67. The Morgan fingerprint density at radius 1 is 1.10 bits per heavy atom. The Kier molecular flexibility index (Phi) is 8.42. The number of rotatable bonds is 8. The molecule has 29 heavy (non-hydrogen) atoms. The second-order valence-corrected chi connectivity index (χ2v) is 6.97. The molecule has 1 aliphatic rings. The Bertz CT molecular complexity index is 826. The molecule has 1 amide bonds. The molecule has 2 aromatic carbocycles. The lowest BCUT2D eigenvalue weighted by atomic mass is 10.1. The molecule has 0 atom stereocenters. The normalized spacial score (nSPS) is 13.1. The summed E-state index contributed by atoms with van der Waals surface area (Å²) in [4.78, 5) is 27.9. The molecule has 156 valence electrons. The van der Waals surface area contributed by atoms with Crippen LogP contribution in [-0.4, -0.2) is 48.5 Å². The van der Waals surface area contributed by atoms with Crippen molar-refractivity contribution < 1.29 is 9.72 Å². The van der Waals surface area contributed by atoms with E-state index in [2.05, 4.69) is 0 Å². The van der Waals surface area contributed by atoms with Gasteiger partial charge in [-0.3, -0.25) is 14.9 Å². The van der Waals surface area contributed by atoms with Gasteiger partial charge in [-0.25, -0.2) is 0 Å². The van der Waals surface area contributed by atoms with Crippen molar-refractivity contribution >= 4 is 29.7 Å². The highest BCUT2D eigenvalue weighted by molar-refractivity contribution is 5.96. The first kappa shape index (κ1) is 22.6. The first-order valence-corrected chi connectivity index (χ1v) is 9.67. The van der Waals surface area contributed by atoms with Gasteiger partial charge in [0, 0.05) is 44.4 Å². The summed E-state index contributed by atoms with van der Waals surface area (Å²) < 4.78 is 0. The van der Waals surface area contributed by atoms with Gasteiger partial charge in [0.25, 0.3) is 11.6 Å². The van der Waals surface area contributed by atoms with Crippen LogP contribution < -0.4 is 10.6 Å². The highest BCUT2D eigenvalue weighted by Gasteiger charge is 2.25. The third-order valence-electron chi connectivity index (χ3n) is 5.07. The van der Waals surface area contributed by atoms with Crippen LogP contribution in [0.3, 0.4) is 0 Å². The molecule has 0 saturated carbocycles. The van der Waals surface area contributed by atoms with Gasteiger partial charge in [0.15, 0.2) is 0 Å². The van der Waals surface area contributed by atoms with E-state index in [1.807, 2.05) is 35.2 Å². The molecular weight excluding hydrogens is 392 g/mol. The number of carbonyl (C=O) groups excluding carboxylic acids is 1. The van der Waals surface area contributed by atoms with Crippen LogP contribution in [0.1, 0.15) is 28.8 Å². The minimum Gasteiger partial charge on any atom is -0.366 e. The lowest BCUT2D eigenvalue weighted by Gasteiger charge is -2.23. The third-order valence-corrected chi connectivity index (χ3v) is 5.07. The number of halogens is 1. The standard InChI is InChI=1S/C21H26N4O3.ClH/c22-11-15-24(14-10-17-6-2-1-3-7-17)21(26)18-8-9-19(20(16-18)25(27)28)23-12-4-5-13-23;/h1-3,6-9,16H,4-5,10-15,22H2;1H. The molecule has 3 rings (SSSR count). The Morgan fingerprint density at radius 2 is 1.79 bits per heavy atom. The molecule has 0 radical (unpaired) electrons. The van der Waals surface area contributed by atoms with Gasteiger partial charge in [-0.15, -0.1) is 12.4 Å². The van der Waals surface area contributed by atoms with Crippen LogP contribution in [0, 0.1) is 10.1 Å². The topological polar surface area (TPSA) is 92.7 Å². The Labute approximate surface area is 177 Å². The van der Waals surface area contributed by atoms with Crippen molar-refractivity contribution in [3.05, 3.63) is 69.8 Å². The van der Waals surface area contributed by atoms with Crippen molar-refractivity contribution in [3.8, 4) is 0 Å². The number of benzene rings is 2. The van der Waals surface area contributed by atoms with Crippen molar-refractivity contribution in [1.82, 2.24) is 4.90 Å². The average molecular weight is 419 g/mol. The van der Waals surface area contributed by atoms with E-state index in [0.29, 0.717) is 37.3 Å². The minimum absolute atomic E-state index is 0. The quantitative estimate of drug-likeness (QED) is 0.524. The zero-order chi connectivity index (χ0) is 19.9. The summed E-state index contributed by atoms with van der Waals surface area (Å²) in [5, 5.41) is 11.6. The van der Waals surface area contributed by atoms with Crippen LogP contribution in [0.15, 0.2) is 48.5 Å². The molecule has 1 fully saturated rings. The van der Waals surface area contributed by atoms with E-state index in [1.54, 1.807) is 17.0 Å². The molecule has 1 aliphatic heterocycles. The summed E-state index contributed by atoms with van der Waals surface area (Å²) in [6.45, 7) is 2.89. The van der Waals surface area contributed by atoms with Crippen LogP contribution in [0.5, 0.6) is 0 Å². The van der Waals surface area contributed by atoms with E-state index < -0.39 is 4.92 Å². The van der Waals surface area contributed by atoms with E-state index >= 15 is 0 Å². The molecular formula is C21H27ClN4O3. The van der Waals surface area contributed by atoms with Gasteiger partial charge >= 0.3 is 0 Å². The Morgan fingerprint density at radius 3 is 2.41 bits per heavy atom. The maximum atomic E-state index is 13.0. The summed E-state index contributed by atoms with van der Waals surface area (Å²) >= 11 is 0. The zero-order valence-electron chi connectivity index (χ0n) is 16.3. The van der Waals surface area contributed by atoms with Crippen LogP contribution in [0.25, 0.3) is 0 Å². The number of amides is 1. The number of carbonyl (C=O) groups is 1. The van der Waals surface area contributed by atoms with Crippen LogP contribution in [0.2, 0.25) is 0 Å². The predicted octanol–water partition coefficient (Wildman–Crippen LogP) is 3.26. The van der Waals surface area contributed by atoms with E-state index in [4.69, 9.17) is 5.73 Å². The van der Waals surface area contributed by atoms with E-state index in [1.165, 1.54) is 6.07 Å². The van der Waals surface area contributed by atoms with Gasteiger partial charge in [-0.05, 0) is 37.0 Å². The number of nitro groups is 1. The zero-order valence-corrected chi connectivity index (χ0v) is 17.1. The number of nitro benzene ring substituents is 1. The smallest absolute Gasteiger partial charge is 0.293 e. The molecule has 1 heterocycles. The van der Waals surface area contributed by atoms with Gasteiger partial charge in [-0.1, -0.05) is 30.3 Å². The molecule has 2 N–H and O–H groups in total. The second-order valence-electron chi connectivity index (χ2n) is 6.97. The summed E-state index contributed by atoms with van der Waals surface area (Å²) in [6, 6.07) is 14.7. The Balaban J connectivity index is 0.00000300. The number of anilines is 1. The van der Waals surface area contributed by atoms with Crippen molar-refractivity contribution in [2.45, 2.75) is 19.3 Å². The van der Waals surface area contributed by atoms with Crippen molar-refractivity contribution in [2.75, 3.05) is 37.6 Å². The lowest BCUT2D eigenvalue weighted by molar-refractivity contribution is -0.384. The van der Waals surface area contributed by atoms with E-state index in [9.17, 15) is 14.9 Å². The fraction of sp³-hybridized carbons (Fsp3) is 0.381. The van der Waals surface area contributed by atoms with Crippen LogP contribution in [-0.2, 0) is 6.42 Å². The molecule has 1 saturated heterocycles. The van der Waals surface area contributed by atoms with Crippen molar-refractivity contribution in [2.24, 2.45) is 5.73 Å². The summed E-state index contributed by atoms with van der Waals surface area (Å²) in [5.74, 6) is -0.225. The third kappa shape index (κ3) is 5.68. The summed E-state index contributed by atoms with van der Waals surface area (Å²) in [5.41, 5.74) is 7.73. The molecule has 0 bridgehead atoms. The Hall–Kier alpha value is -2.64. The van der Waals surface area contributed by atoms with Crippen molar-refractivity contribution in [1.29, 1.82) is 0 Å². The maximum Gasteiger partial charge on any atom is 0.293 e. The molecule has 7 nitrogen and oxygen atoms in total. The van der Waals surface area contributed by atoms with Gasteiger partial charge in [-0.2, -0.15) is 0 Å². The van der Waals surface area contributed by atoms with Gasteiger partial charge < -0.3 is 15.5 Å². The fourth-order valence-electron chi connectivity index (χ4n) is 3.59. The highest BCUT2D eigenvalue weighted by atomic mass is 35.5. The molecule has 0 unspecified atom stereocenters. The number of nitrogens with zero attached hydrogens (tertiary/aromatic N) is 3. The molecule has 8 heteroatoms. The largest absolute Gasteiger partial charge is 0.366 e. The molecule has 0 aromatic heterocycles. The van der Waals surface area contributed by atoms with E-state index in [0.717, 1.165) is 31.5 Å². The second kappa shape index (κ2) is 10.8. The van der Waals surface area contributed by atoms with Gasteiger partial charge in [0.2, 0.25) is 0 Å². The summed E-state index contributed by atoms with van der Waals surface area (Å²) in [6.07, 6.45) is 2.77. The molecule has 0 aliphatic carbocycles. The van der Waals surface area contributed by atoms with Crippen molar-refractivity contribution in [3.63, 3.8) is 0 Å². The lowest BCUT2D eigenvalue weighted by Crippen LogP contribution is -2.37. The number of hydrogen-bond donors (Lipinski definition) is 1. The monoisotopic (exact) mass is 418 g/mol. The van der Waals surface area contributed by atoms with Gasteiger partial charge in [0.05, 0.1) is 4.92 Å². The minimum atomic E-state index is -0.401. The molecule has 0 spiro atoms. The van der Waals surface area contributed by atoms with E-state index in [-0.39, 0.29) is 24.0 Å². The average Bonchev–Trinajstić information content (AvgIpc) is 3.25. The van der Waals surface area contributed by atoms with Crippen LogP contribution >= 0.6 is 12.4 Å². The first-order chi connectivity index (χ1) is 13.6. The number of nitrogens with two attached hydrogens (primary N) is 1. The number of hydrogen-bond acceptors (Lipinski definition) is 5. The SMILES string of the molecule is Cl.NCCN(CCc1ccccc1)C(=O)c1ccc(N2CCCC2)c([N+](=O)[O-])c1. The fourth-order valence-corrected chi connectivity index (χ4v) is 3.59.